The predicted molar refractivity (Wildman–Crippen MR) is 186 cm³/mol. The molecule has 4 aromatic carbocycles. The van der Waals surface area contributed by atoms with Crippen LogP contribution in [-0.2, 0) is 38.8 Å². The van der Waals surface area contributed by atoms with Crippen LogP contribution < -0.4 is 9.62 Å². The van der Waals surface area contributed by atoms with Gasteiger partial charge in [0.05, 0.1) is 16.1 Å². The third-order valence-corrected chi connectivity index (χ3v) is 10.5. The molecule has 0 aromatic heterocycles. The summed E-state index contributed by atoms with van der Waals surface area (Å²) >= 11 is 13.0. The van der Waals surface area contributed by atoms with Crippen molar-refractivity contribution in [2.45, 2.75) is 63.3 Å². The number of aryl methyl sites for hydroxylation is 1. The van der Waals surface area contributed by atoms with E-state index in [0.717, 1.165) is 17.7 Å². The number of nitrogens with zero attached hydrogens (tertiary/aromatic N) is 2. The number of nitrogens with one attached hydrogen (secondary N) is 1. The zero-order chi connectivity index (χ0) is 35.9. The second-order valence-electron chi connectivity index (χ2n) is 11.6. The normalized spacial score (nSPS) is 13.0. The minimum atomic E-state index is -4.79. The minimum Gasteiger partial charge on any atom is -0.352 e. The lowest BCUT2D eigenvalue weighted by Gasteiger charge is -2.34. The van der Waals surface area contributed by atoms with Crippen LogP contribution in [0.3, 0.4) is 0 Å². The fourth-order valence-corrected chi connectivity index (χ4v) is 6.98. The van der Waals surface area contributed by atoms with Crippen molar-refractivity contribution in [3.8, 4) is 0 Å². The molecule has 0 heterocycles. The molecule has 0 aliphatic rings. The van der Waals surface area contributed by atoms with E-state index in [1.165, 1.54) is 23.1 Å². The molecule has 0 radical (unpaired) electrons. The molecule has 0 saturated heterocycles. The fourth-order valence-electron chi connectivity index (χ4n) is 5.05. The first-order valence-corrected chi connectivity index (χ1v) is 17.6. The monoisotopic (exact) mass is 733 g/mol. The molecule has 0 unspecified atom stereocenters. The number of carbonyl (C=O) groups excluding carboxylic acids is 2. The highest BCUT2D eigenvalue weighted by atomic mass is 35.5. The van der Waals surface area contributed by atoms with E-state index in [4.69, 9.17) is 23.2 Å². The topological polar surface area (TPSA) is 86.8 Å². The van der Waals surface area contributed by atoms with Crippen molar-refractivity contribution in [3.63, 3.8) is 0 Å². The van der Waals surface area contributed by atoms with Gasteiger partial charge in [-0.1, -0.05) is 90.3 Å². The van der Waals surface area contributed by atoms with Crippen molar-refractivity contribution < 1.29 is 31.2 Å². The molecule has 0 aliphatic heterocycles. The number of alkyl halides is 3. The molecule has 4 aromatic rings. The molecule has 49 heavy (non-hydrogen) atoms. The van der Waals surface area contributed by atoms with Gasteiger partial charge < -0.3 is 10.2 Å². The Balaban J connectivity index is 1.88. The molecule has 0 aliphatic carbocycles. The smallest absolute Gasteiger partial charge is 0.352 e. The van der Waals surface area contributed by atoms with Gasteiger partial charge in [0, 0.05) is 34.6 Å². The van der Waals surface area contributed by atoms with Crippen LogP contribution in [0.5, 0.6) is 0 Å². The number of anilines is 1. The van der Waals surface area contributed by atoms with E-state index in [2.05, 4.69) is 5.32 Å². The highest BCUT2D eigenvalue weighted by molar-refractivity contribution is 7.92. The molecule has 4 rings (SSSR count). The first kappa shape index (κ1) is 37.8. The molecule has 0 saturated carbocycles. The third kappa shape index (κ3) is 9.55. The SMILES string of the molecule is CC[C@@H](C)NC(=O)[C@H](Cc1ccccc1)N(Cc1c(Cl)cccc1Cl)C(=O)CN(c1cccc(C(F)(F)F)c1)S(=O)(=O)c1ccc(C)cc1. The lowest BCUT2D eigenvalue weighted by Crippen LogP contribution is -2.54. The second-order valence-corrected chi connectivity index (χ2v) is 14.3. The van der Waals surface area contributed by atoms with Crippen LogP contribution in [0, 0.1) is 6.92 Å². The average molecular weight is 735 g/mol. The quantitative estimate of drug-likeness (QED) is 0.151. The molecule has 0 fully saturated rings. The standard InChI is InChI=1S/C36H36Cl2F3N3O4S/c1-4-25(3)42-35(46)33(20-26-10-6-5-7-11-26)43(22-30-31(37)14-9-15-32(30)38)34(45)23-44(28-13-8-12-27(21-28)36(39,40)41)49(47,48)29-18-16-24(2)17-19-29/h5-19,21,25,33H,4,20,22-23H2,1-3H3,(H,42,46)/t25-,33+/m1/s1. The molecule has 0 spiro atoms. The number of hydrogen-bond donors (Lipinski definition) is 1. The summed E-state index contributed by atoms with van der Waals surface area (Å²) in [5.74, 6) is -1.38. The van der Waals surface area contributed by atoms with Gasteiger partial charge in [-0.05, 0) is 68.3 Å². The van der Waals surface area contributed by atoms with Gasteiger partial charge in [-0.25, -0.2) is 8.42 Å². The summed E-state index contributed by atoms with van der Waals surface area (Å²) in [5, 5.41) is 3.32. The molecular weight excluding hydrogens is 698 g/mol. The molecule has 1 N–H and O–H groups in total. The average Bonchev–Trinajstić information content (AvgIpc) is 3.06. The van der Waals surface area contributed by atoms with E-state index in [1.54, 1.807) is 74.5 Å². The molecule has 260 valence electrons. The third-order valence-electron chi connectivity index (χ3n) is 8.01. The number of benzene rings is 4. The van der Waals surface area contributed by atoms with E-state index < -0.39 is 46.2 Å². The summed E-state index contributed by atoms with van der Waals surface area (Å²) in [7, 11) is -4.61. The van der Waals surface area contributed by atoms with Crippen LogP contribution in [0.4, 0.5) is 18.9 Å². The highest BCUT2D eigenvalue weighted by Gasteiger charge is 2.37. The second kappa shape index (κ2) is 16.1. The zero-order valence-electron chi connectivity index (χ0n) is 27.0. The maximum Gasteiger partial charge on any atom is 0.416 e. The van der Waals surface area contributed by atoms with E-state index in [9.17, 15) is 31.2 Å². The summed E-state index contributed by atoms with van der Waals surface area (Å²) in [5.41, 5.74) is 0.274. The number of hydrogen-bond acceptors (Lipinski definition) is 4. The van der Waals surface area contributed by atoms with Crippen LogP contribution in [0.1, 0.15) is 42.5 Å². The Morgan fingerprint density at radius 2 is 1.49 bits per heavy atom. The van der Waals surface area contributed by atoms with Crippen molar-refractivity contribution in [2.24, 2.45) is 0 Å². The lowest BCUT2D eigenvalue weighted by atomic mass is 10.0. The highest BCUT2D eigenvalue weighted by Crippen LogP contribution is 2.34. The summed E-state index contributed by atoms with van der Waals surface area (Å²) in [6.07, 6.45) is -4.17. The lowest BCUT2D eigenvalue weighted by molar-refractivity contribution is -0.140. The van der Waals surface area contributed by atoms with Crippen LogP contribution in [0.2, 0.25) is 10.0 Å². The van der Waals surface area contributed by atoms with Gasteiger partial charge in [0.15, 0.2) is 0 Å². The summed E-state index contributed by atoms with van der Waals surface area (Å²) in [6, 6.07) is 21.6. The van der Waals surface area contributed by atoms with Crippen LogP contribution in [0.15, 0.2) is 102 Å². The van der Waals surface area contributed by atoms with E-state index in [-0.39, 0.29) is 39.6 Å². The number of sulfonamides is 1. The Hall–Kier alpha value is -4.06. The largest absolute Gasteiger partial charge is 0.416 e. The van der Waals surface area contributed by atoms with Crippen molar-refractivity contribution in [2.75, 3.05) is 10.8 Å². The fraction of sp³-hybridized carbons (Fsp3) is 0.278. The first-order chi connectivity index (χ1) is 23.1. The summed E-state index contributed by atoms with van der Waals surface area (Å²) < 4.78 is 70.4. The Kier molecular flexibility index (Phi) is 12.4. The Labute approximate surface area is 294 Å². The maximum atomic E-state index is 14.6. The molecule has 13 heteroatoms. The number of carbonyl (C=O) groups is 2. The van der Waals surface area contributed by atoms with Gasteiger partial charge in [0.25, 0.3) is 10.0 Å². The summed E-state index contributed by atoms with van der Waals surface area (Å²) in [6.45, 7) is 4.19. The predicted octanol–water partition coefficient (Wildman–Crippen LogP) is 8.07. The zero-order valence-corrected chi connectivity index (χ0v) is 29.4. The Bertz CT molecular complexity index is 1850. The molecule has 2 atom stereocenters. The van der Waals surface area contributed by atoms with E-state index in [1.807, 2.05) is 6.92 Å². The van der Waals surface area contributed by atoms with Crippen molar-refractivity contribution in [1.82, 2.24) is 10.2 Å². The van der Waals surface area contributed by atoms with Crippen LogP contribution in [0.25, 0.3) is 0 Å². The van der Waals surface area contributed by atoms with Crippen molar-refractivity contribution >= 4 is 50.7 Å². The van der Waals surface area contributed by atoms with Gasteiger partial charge in [-0.3, -0.25) is 13.9 Å². The Morgan fingerprint density at radius 1 is 0.878 bits per heavy atom. The first-order valence-electron chi connectivity index (χ1n) is 15.4. The van der Waals surface area contributed by atoms with Crippen molar-refractivity contribution in [3.05, 3.63) is 129 Å². The number of amides is 2. The van der Waals surface area contributed by atoms with Crippen molar-refractivity contribution in [1.29, 1.82) is 0 Å². The van der Waals surface area contributed by atoms with E-state index in [0.29, 0.717) is 27.9 Å². The maximum absolute atomic E-state index is 14.6. The molecule has 7 nitrogen and oxygen atoms in total. The molecule has 0 bridgehead atoms. The summed E-state index contributed by atoms with van der Waals surface area (Å²) in [4.78, 5) is 29.5. The van der Waals surface area contributed by atoms with Gasteiger partial charge >= 0.3 is 6.18 Å². The van der Waals surface area contributed by atoms with Crippen LogP contribution >= 0.6 is 23.2 Å². The molecule has 2 amide bonds. The molecular formula is C36H36Cl2F3N3O4S. The number of rotatable bonds is 13. The van der Waals surface area contributed by atoms with Gasteiger partial charge in [0.2, 0.25) is 11.8 Å². The van der Waals surface area contributed by atoms with E-state index >= 15 is 0 Å². The minimum absolute atomic E-state index is 0.0329. The number of halogens is 5. The van der Waals surface area contributed by atoms with Gasteiger partial charge in [0.1, 0.15) is 12.6 Å². The van der Waals surface area contributed by atoms with Gasteiger partial charge in [-0.2, -0.15) is 13.2 Å². The Morgan fingerprint density at radius 3 is 2.08 bits per heavy atom. The van der Waals surface area contributed by atoms with Gasteiger partial charge in [-0.15, -0.1) is 0 Å². The van der Waals surface area contributed by atoms with Crippen LogP contribution in [-0.4, -0.2) is 43.8 Å².